The summed E-state index contributed by atoms with van der Waals surface area (Å²) in [4.78, 5) is 11.8. The Morgan fingerprint density at radius 1 is 1.17 bits per heavy atom. The molecule has 4 heteroatoms. The molecule has 18 heavy (non-hydrogen) atoms. The van der Waals surface area contributed by atoms with Crippen molar-refractivity contribution in [3.05, 3.63) is 59.7 Å². The molecule has 0 aliphatic rings. The first-order valence-electron chi connectivity index (χ1n) is 5.21. The third-order valence-corrected chi connectivity index (χ3v) is 2.30. The van der Waals surface area contributed by atoms with Gasteiger partial charge in [-0.05, 0) is 30.3 Å². The Morgan fingerprint density at radius 2 is 1.89 bits per heavy atom. The van der Waals surface area contributed by atoms with Crippen molar-refractivity contribution in [2.75, 3.05) is 0 Å². The zero-order valence-corrected chi connectivity index (χ0v) is 9.33. The molecule has 2 aromatic rings. The van der Waals surface area contributed by atoms with Gasteiger partial charge in [0.05, 0.1) is 11.6 Å². The molecule has 1 N–H and O–H groups in total. The third kappa shape index (κ3) is 2.47. The summed E-state index contributed by atoms with van der Waals surface area (Å²) in [6, 6.07) is 14.4. The molecule has 2 aromatic carbocycles. The van der Waals surface area contributed by atoms with E-state index in [1.54, 1.807) is 30.3 Å². The topological polar surface area (TPSA) is 70.3 Å². The Kier molecular flexibility index (Phi) is 3.26. The normalized spacial score (nSPS) is 9.50. The summed E-state index contributed by atoms with van der Waals surface area (Å²) in [6.45, 7) is 0. The summed E-state index contributed by atoms with van der Waals surface area (Å²) in [5.41, 5.74) is 0.255. The molecule has 0 aliphatic carbocycles. The number of phenolic OH excluding ortho intramolecular Hbond substituents is 1. The van der Waals surface area contributed by atoms with Crippen molar-refractivity contribution in [2.45, 2.75) is 0 Å². The minimum Gasteiger partial charge on any atom is -0.507 e. The first-order chi connectivity index (χ1) is 8.70. The van der Waals surface area contributed by atoms with Crippen LogP contribution in [-0.2, 0) is 0 Å². The maximum atomic E-state index is 11.8. The number of ether oxygens (including phenoxy) is 1. The van der Waals surface area contributed by atoms with Gasteiger partial charge in [0.25, 0.3) is 0 Å². The molecule has 0 saturated heterocycles. The Bertz CT molecular complexity index is 615. The first-order valence-corrected chi connectivity index (χ1v) is 5.21. The maximum absolute atomic E-state index is 11.8. The molecular formula is C14H9NO3. The van der Waals surface area contributed by atoms with E-state index in [9.17, 15) is 9.90 Å². The summed E-state index contributed by atoms with van der Waals surface area (Å²) in [5.74, 6) is -0.532. The molecule has 0 bridgehead atoms. The van der Waals surface area contributed by atoms with Gasteiger partial charge in [-0.15, -0.1) is 0 Å². The highest BCUT2D eigenvalue weighted by Gasteiger charge is 2.14. The molecule has 0 unspecified atom stereocenters. The van der Waals surface area contributed by atoms with Gasteiger partial charge in [-0.1, -0.05) is 18.2 Å². The zero-order valence-electron chi connectivity index (χ0n) is 9.33. The minimum absolute atomic E-state index is 0.0297. The smallest absolute Gasteiger partial charge is 0.347 e. The van der Waals surface area contributed by atoms with Gasteiger partial charge < -0.3 is 9.84 Å². The lowest BCUT2D eigenvalue weighted by Gasteiger charge is -2.05. The van der Waals surface area contributed by atoms with Crippen LogP contribution in [0.1, 0.15) is 15.9 Å². The Labute approximate surface area is 104 Å². The third-order valence-electron chi connectivity index (χ3n) is 2.30. The lowest BCUT2D eigenvalue weighted by atomic mass is 10.1. The van der Waals surface area contributed by atoms with E-state index in [0.717, 1.165) is 0 Å². The van der Waals surface area contributed by atoms with E-state index in [1.807, 2.05) is 6.07 Å². The van der Waals surface area contributed by atoms with Gasteiger partial charge in [-0.3, -0.25) is 0 Å². The van der Waals surface area contributed by atoms with Crippen LogP contribution in [0.3, 0.4) is 0 Å². The van der Waals surface area contributed by atoms with E-state index in [1.165, 1.54) is 18.2 Å². The number of nitriles is 1. The van der Waals surface area contributed by atoms with Gasteiger partial charge in [-0.2, -0.15) is 5.26 Å². The van der Waals surface area contributed by atoms with Crippen LogP contribution in [0.4, 0.5) is 0 Å². The van der Waals surface area contributed by atoms with E-state index in [-0.39, 0.29) is 16.9 Å². The number of benzene rings is 2. The number of phenols is 1. The van der Waals surface area contributed by atoms with Crippen molar-refractivity contribution >= 4 is 5.97 Å². The van der Waals surface area contributed by atoms with Crippen molar-refractivity contribution in [3.63, 3.8) is 0 Å². The second-order valence-corrected chi connectivity index (χ2v) is 3.55. The average Bonchev–Trinajstić information content (AvgIpc) is 2.40. The lowest BCUT2D eigenvalue weighted by molar-refractivity contribution is 0.0731. The van der Waals surface area contributed by atoms with E-state index in [2.05, 4.69) is 0 Å². The number of hydrogen-bond acceptors (Lipinski definition) is 4. The summed E-state index contributed by atoms with van der Waals surface area (Å²) < 4.78 is 5.07. The largest absolute Gasteiger partial charge is 0.507 e. The van der Waals surface area contributed by atoms with Crippen molar-refractivity contribution in [1.82, 2.24) is 0 Å². The summed E-state index contributed by atoms with van der Waals surface area (Å²) in [7, 11) is 0. The molecule has 2 rings (SSSR count). The van der Waals surface area contributed by atoms with E-state index < -0.39 is 5.97 Å². The Hall–Kier alpha value is -2.80. The number of aromatic hydroxyl groups is 1. The van der Waals surface area contributed by atoms with Gasteiger partial charge >= 0.3 is 5.97 Å². The van der Waals surface area contributed by atoms with Crippen molar-refractivity contribution in [1.29, 1.82) is 5.26 Å². The fraction of sp³-hybridized carbons (Fsp3) is 0. The monoisotopic (exact) mass is 239 g/mol. The van der Waals surface area contributed by atoms with Gasteiger partial charge in [0.1, 0.15) is 17.1 Å². The van der Waals surface area contributed by atoms with Crippen molar-refractivity contribution in [3.8, 4) is 17.6 Å². The van der Waals surface area contributed by atoms with E-state index in [0.29, 0.717) is 5.75 Å². The molecule has 0 fully saturated rings. The minimum atomic E-state index is -0.698. The average molecular weight is 239 g/mol. The summed E-state index contributed by atoms with van der Waals surface area (Å²) in [6.07, 6.45) is 0. The van der Waals surface area contributed by atoms with Gasteiger partial charge in [-0.25, -0.2) is 4.79 Å². The molecule has 0 aromatic heterocycles. The lowest BCUT2D eigenvalue weighted by Crippen LogP contribution is -2.08. The molecule has 0 spiro atoms. The van der Waals surface area contributed by atoms with Crippen LogP contribution < -0.4 is 4.74 Å². The number of carbonyl (C=O) groups is 1. The number of carbonyl (C=O) groups excluding carboxylic acids is 1. The molecular weight excluding hydrogens is 230 g/mol. The molecule has 0 amide bonds. The number of para-hydroxylation sites is 1. The zero-order chi connectivity index (χ0) is 13.0. The first kappa shape index (κ1) is 11.7. The second kappa shape index (κ2) is 5.02. The van der Waals surface area contributed by atoms with Crippen LogP contribution in [0, 0.1) is 11.3 Å². The molecule has 0 aliphatic heterocycles. The number of hydrogen-bond donors (Lipinski definition) is 1. The van der Waals surface area contributed by atoms with E-state index >= 15 is 0 Å². The summed E-state index contributed by atoms with van der Waals surface area (Å²) in [5, 5.41) is 18.3. The quantitative estimate of drug-likeness (QED) is 0.645. The highest BCUT2D eigenvalue weighted by Crippen LogP contribution is 2.20. The Morgan fingerprint density at radius 3 is 2.56 bits per heavy atom. The predicted molar refractivity (Wildman–Crippen MR) is 64.2 cm³/mol. The number of rotatable bonds is 2. The van der Waals surface area contributed by atoms with Crippen LogP contribution in [-0.4, -0.2) is 11.1 Å². The van der Waals surface area contributed by atoms with Crippen LogP contribution >= 0.6 is 0 Å². The SMILES string of the molecule is N#Cc1ccc(O)c(C(=O)Oc2ccccc2)c1. The van der Waals surface area contributed by atoms with Crippen molar-refractivity contribution < 1.29 is 14.6 Å². The standard InChI is InChI=1S/C14H9NO3/c15-9-10-6-7-13(16)12(8-10)14(17)18-11-4-2-1-3-5-11/h1-8,16H. The summed E-state index contributed by atoms with van der Waals surface area (Å²) >= 11 is 0. The van der Waals surface area contributed by atoms with E-state index in [4.69, 9.17) is 10.00 Å². The molecule has 88 valence electrons. The predicted octanol–water partition coefficient (Wildman–Crippen LogP) is 2.48. The molecule has 0 heterocycles. The number of esters is 1. The van der Waals surface area contributed by atoms with Crippen LogP contribution in [0.25, 0.3) is 0 Å². The highest BCUT2D eigenvalue weighted by molar-refractivity contribution is 5.94. The van der Waals surface area contributed by atoms with Gasteiger partial charge in [0.2, 0.25) is 0 Å². The molecule has 4 nitrogen and oxygen atoms in total. The van der Waals surface area contributed by atoms with Gasteiger partial charge in [0.15, 0.2) is 0 Å². The van der Waals surface area contributed by atoms with Gasteiger partial charge in [0, 0.05) is 0 Å². The van der Waals surface area contributed by atoms with Crippen LogP contribution in [0.15, 0.2) is 48.5 Å². The highest BCUT2D eigenvalue weighted by atomic mass is 16.5. The van der Waals surface area contributed by atoms with Crippen molar-refractivity contribution in [2.24, 2.45) is 0 Å². The van der Waals surface area contributed by atoms with Crippen LogP contribution in [0.5, 0.6) is 11.5 Å². The maximum Gasteiger partial charge on any atom is 0.347 e. The fourth-order valence-corrected chi connectivity index (χ4v) is 1.42. The number of nitrogens with zero attached hydrogens (tertiary/aromatic N) is 1. The van der Waals surface area contributed by atoms with Crippen LogP contribution in [0.2, 0.25) is 0 Å². The molecule has 0 radical (unpaired) electrons. The Balaban J connectivity index is 2.27. The molecule has 0 atom stereocenters. The fourth-order valence-electron chi connectivity index (χ4n) is 1.42. The second-order valence-electron chi connectivity index (χ2n) is 3.55. The molecule has 0 saturated carbocycles.